The maximum atomic E-state index is 10.6. The molecule has 4 fully saturated rings. The van der Waals surface area contributed by atoms with Crippen molar-refractivity contribution in [1.82, 2.24) is 0 Å². The molecule has 23 heavy (non-hydrogen) atoms. The lowest BCUT2D eigenvalue weighted by Gasteiger charge is -2.63. The summed E-state index contributed by atoms with van der Waals surface area (Å²) in [7, 11) is 0. The summed E-state index contributed by atoms with van der Waals surface area (Å²) >= 11 is 0. The first-order valence-corrected chi connectivity index (χ1v) is 8.33. The summed E-state index contributed by atoms with van der Waals surface area (Å²) in [6.07, 6.45) is -6.48. The first-order valence-electron chi connectivity index (χ1n) is 8.33. The normalized spacial score (nSPS) is 50.6. The smallest absolute Gasteiger partial charge is 0.242 e. The third kappa shape index (κ3) is 2.52. The minimum Gasteiger partial charge on any atom is -0.394 e. The van der Waals surface area contributed by atoms with Crippen LogP contribution in [0, 0.1) is 10.8 Å². The summed E-state index contributed by atoms with van der Waals surface area (Å²) in [5.74, 6) is 0. The van der Waals surface area contributed by atoms with Crippen LogP contribution in [0.2, 0.25) is 0 Å². The lowest BCUT2D eigenvalue weighted by molar-refractivity contribution is -1.18. The maximum absolute atomic E-state index is 10.6. The molecule has 4 rings (SSSR count). The van der Waals surface area contributed by atoms with E-state index in [-0.39, 0.29) is 23.1 Å². The number of piperidine rings is 2. The Morgan fingerprint density at radius 2 is 1.35 bits per heavy atom. The third-order valence-corrected chi connectivity index (χ3v) is 6.35. The maximum Gasteiger partial charge on any atom is 0.242 e. The van der Waals surface area contributed by atoms with Gasteiger partial charge in [-0.3, -0.25) is 9.80 Å². The van der Waals surface area contributed by atoms with Gasteiger partial charge in [-0.05, 0) is 13.8 Å². The average molecular weight is 334 g/mol. The van der Waals surface area contributed by atoms with Gasteiger partial charge in [-0.2, -0.15) is 0 Å². The second-order valence-corrected chi connectivity index (χ2v) is 8.43. The highest BCUT2D eigenvalue weighted by Gasteiger charge is 2.69. The van der Waals surface area contributed by atoms with Crippen LogP contribution in [-0.2, 0) is 0 Å². The highest BCUT2D eigenvalue weighted by atomic mass is 16.4. The van der Waals surface area contributed by atoms with E-state index in [1.807, 2.05) is 0 Å². The van der Waals surface area contributed by atoms with Crippen molar-refractivity contribution >= 4 is 0 Å². The second kappa shape index (κ2) is 5.60. The van der Waals surface area contributed by atoms with Gasteiger partial charge in [0.2, 0.25) is 6.17 Å². The molecule has 4 saturated heterocycles. The van der Waals surface area contributed by atoms with E-state index < -0.39 is 31.0 Å². The largest absolute Gasteiger partial charge is 0.394 e. The summed E-state index contributed by atoms with van der Waals surface area (Å²) in [5.41, 5.74) is -0.416. The summed E-state index contributed by atoms with van der Waals surface area (Å²) < 4.78 is 0. The zero-order valence-electron chi connectivity index (χ0n) is 13.7. The second-order valence-electron chi connectivity index (χ2n) is 8.43. The Kier molecular flexibility index (Phi) is 4.26. The van der Waals surface area contributed by atoms with Crippen molar-refractivity contribution < 1.29 is 40.4 Å². The van der Waals surface area contributed by atoms with Gasteiger partial charge >= 0.3 is 0 Å². The van der Waals surface area contributed by atoms with E-state index in [2.05, 4.69) is 13.8 Å². The quantitative estimate of drug-likeness (QED) is 0.253. The number of hydrogen-bond acceptors (Lipinski definition) is 6. The molecule has 0 aromatic carbocycles. The van der Waals surface area contributed by atoms with Crippen molar-refractivity contribution in [3.05, 3.63) is 0 Å². The molecule has 8 heteroatoms. The molecule has 0 aromatic heterocycles. The Morgan fingerprint density at radius 1 is 0.913 bits per heavy atom. The SMILES string of the molecule is CC12C[NH+]3CC(C)(C[NH+](C1)C3[C@H](O)[C@H](O)[C@H](O)[C@H](O)CO)C2O. The van der Waals surface area contributed by atoms with Gasteiger partial charge in [-0.1, -0.05) is 0 Å². The first-order chi connectivity index (χ1) is 10.6. The standard InChI is InChI=1S/C15H28N2O6/c1-14-4-16-6-15(2,13(14)23)7-17(5-14)12(16)11(22)10(21)9(20)8(19)3-18/h8-13,18-23H,3-7H2,1-2H3/p+2/t8-,9-,10-,11-,12?,13?,14?,15?/m1/s1. The zero-order valence-corrected chi connectivity index (χ0v) is 13.7. The van der Waals surface area contributed by atoms with Crippen LogP contribution < -0.4 is 9.80 Å². The molecule has 4 aliphatic heterocycles. The highest BCUT2D eigenvalue weighted by molar-refractivity contribution is 5.01. The van der Waals surface area contributed by atoms with Crippen LogP contribution in [0.3, 0.4) is 0 Å². The van der Waals surface area contributed by atoms with Gasteiger partial charge in [0.15, 0.2) is 6.10 Å². The van der Waals surface area contributed by atoms with E-state index in [0.29, 0.717) is 26.2 Å². The van der Waals surface area contributed by atoms with Crippen molar-refractivity contribution in [3.63, 3.8) is 0 Å². The minimum atomic E-state index is -1.59. The summed E-state index contributed by atoms with van der Waals surface area (Å²) in [6, 6.07) is 0. The topological polar surface area (TPSA) is 130 Å². The van der Waals surface area contributed by atoms with Crippen molar-refractivity contribution in [3.8, 4) is 0 Å². The van der Waals surface area contributed by atoms with Gasteiger partial charge in [-0.25, -0.2) is 0 Å². The van der Waals surface area contributed by atoms with Gasteiger partial charge in [0, 0.05) is 0 Å². The highest BCUT2D eigenvalue weighted by Crippen LogP contribution is 2.38. The number of hydrogen-bond donors (Lipinski definition) is 8. The first kappa shape index (κ1) is 17.5. The summed E-state index contributed by atoms with van der Waals surface area (Å²) in [6.45, 7) is 6.29. The molecule has 0 saturated carbocycles. The fourth-order valence-corrected chi connectivity index (χ4v) is 5.50. The molecule has 4 bridgehead atoms. The molecule has 0 radical (unpaired) electrons. The monoisotopic (exact) mass is 334 g/mol. The Bertz CT molecular complexity index is 425. The minimum absolute atomic E-state index is 0.208. The molecule has 4 aliphatic rings. The molecule has 134 valence electrons. The molecular weight excluding hydrogens is 304 g/mol. The molecule has 4 heterocycles. The predicted molar refractivity (Wildman–Crippen MR) is 78.5 cm³/mol. The Morgan fingerprint density at radius 3 is 1.74 bits per heavy atom. The van der Waals surface area contributed by atoms with Gasteiger partial charge in [0.1, 0.15) is 18.3 Å². The van der Waals surface area contributed by atoms with Gasteiger partial charge in [-0.15, -0.1) is 0 Å². The summed E-state index contributed by atoms with van der Waals surface area (Å²) in [5, 5.41) is 59.7. The fraction of sp³-hybridized carbons (Fsp3) is 1.00. The number of quaternary nitrogens is 2. The average Bonchev–Trinajstić information content (AvgIpc) is 2.48. The molecule has 0 spiro atoms. The molecule has 4 atom stereocenters. The molecule has 0 aliphatic carbocycles. The Hall–Kier alpha value is -0.320. The molecule has 8 N–H and O–H groups in total. The lowest BCUT2D eigenvalue weighted by atomic mass is 9.60. The third-order valence-electron chi connectivity index (χ3n) is 6.35. The molecule has 0 unspecified atom stereocenters. The van der Waals surface area contributed by atoms with Crippen LogP contribution in [0.25, 0.3) is 0 Å². The predicted octanol–water partition coefficient (Wildman–Crippen LogP) is -6.07. The van der Waals surface area contributed by atoms with E-state index in [9.17, 15) is 25.5 Å². The number of aliphatic hydroxyl groups excluding tert-OH is 6. The van der Waals surface area contributed by atoms with E-state index >= 15 is 0 Å². The molecular formula is C15H30N2O6+2. The van der Waals surface area contributed by atoms with Crippen molar-refractivity contribution in [1.29, 1.82) is 0 Å². The van der Waals surface area contributed by atoms with Crippen LogP contribution in [0.4, 0.5) is 0 Å². The molecule has 0 aromatic rings. The lowest BCUT2D eigenvalue weighted by Crippen LogP contribution is -3.46. The number of nitrogens with one attached hydrogen (secondary N) is 2. The van der Waals surface area contributed by atoms with Crippen LogP contribution in [0.15, 0.2) is 0 Å². The van der Waals surface area contributed by atoms with E-state index in [1.165, 1.54) is 0 Å². The van der Waals surface area contributed by atoms with Crippen molar-refractivity contribution in [2.24, 2.45) is 10.8 Å². The Labute approximate surface area is 135 Å². The Balaban J connectivity index is 1.78. The van der Waals surface area contributed by atoms with Gasteiger partial charge in [0.25, 0.3) is 0 Å². The number of rotatable bonds is 5. The van der Waals surface area contributed by atoms with E-state index in [4.69, 9.17) is 5.11 Å². The van der Waals surface area contributed by atoms with Crippen molar-refractivity contribution in [2.45, 2.75) is 50.5 Å². The van der Waals surface area contributed by atoms with Gasteiger partial charge < -0.3 is 30.6 Å². The van der Waals surface area contributed by atoms with E-state index in [1.54, 1.807) is 0 Å². The van der Waals surface area contributed by atoms with E-state index in [0.717, 1.165) is 9.80 Å². The molecule has 8 nitrogen and oxygen atoms in total. The number of aliphatic hydroxyl groups is 6. The van der Waals surface area contributed by atoms with Crippen molar-refractivity contribution in [2.75, 3.05) is 32.8 Å². The molecule has 0 amide bonds. The fourth-order valence-electron chi connectivity index (χ4n) is 5.50. The van der Waals surface area contributed by atoms with Crippen LogP contribution in [0.5, 0.6) is 0 Å². The van der Waals surface area contributed by atoms with Gasteiger partial charge in [0.05, 0.1) is 49.7 Å². The van der Waals surface area contributed by atoms with Crippen LogP contribution in [-0.4, -0.2) is 100 Å². The summed E-state index contributed by atoms with van der Waals surface area (Å²) in [4.78, 5) is 2.23. The van der Waals surface area contributed by atoms with Crippen LogP contribution in [0.1, 0.15) is 13.8 Å². The van der Waals surface area contributed by atoms with Crippen LogP contribution >= 0.6 is 0 Å². The zero-order chi connectivity index (χ0) is 17.2.